The maximum Gasteiger partial charge on any atom is 0.128 e. The standard InChI is InChI=1S/C12H17NO3/c1-2-3-4-5-11(13-16)10-7-6-9(14)8-12(10)15/h6-8,14-16H,2-5H2,1H3/b13-11-. The molecule has 0 aliphatic heterocycles. The van der Waals surface area contributed by atoms with Gasteiger partial charge in [-0.3, -0.25) is 0 Å². The predicted octanol–water partition coefficient (Wildman–Crippen LogP) is 2.86. The van der Waals surface area contributed by atoms with Crippen LogP contribution in [0.15, 0.2) is 23.4 Å². The zero-order valence-corrected chi connectivity index (χ0v) is 9.35. The fraction of sp³-hybridized carbons (Fsp3) is 0.417. The van der Waals surface area contributed by atoms with E-state index in [0.717, 1.165) is 19.3 Å². The highest BCUT2D eigenvalue weighted by Crippen LogP contribution is 2.24. The van der Waals surface area contributed by atoms with Gasteiger partial charge in [-0.05, 0) is 25.0 Å². The molecule has 0 atom stereocenters. The van der Waals surface area contributed by atoms with Crippen molar-refractivity contribution in [3.63, 3.8) is 0 Å². The van der Waals surface area contributed by atoms with Gasteiger partial charge in [0.2, 0.25) is 0 Å². The minimum atomic E-state index is -0.0655. The minimum Gasteiger partial charge on any atom is -0.508 e. The van der Waals surface area contributed by atoms with Crippen LogP contribution in [-0.4, -0.2) is 21.1 Å². The van der Waals surface area contributed by atoms with Gasteiger partial charge >= 0.3 is 0 Å². The van der Waals surface area contributed by atoms with E-state index in [0.29, 0.717) is 17.7 Å². The quantitative estimate of drug-likeness (QED) is 0.311. The molecule has 0 fully saturated rings. The number of aromatic hydroxyl groups is 2. The van der Waals surface area contributed by atoms with Crippen LogP contribution < -0.4 is 0 Å². The van der Waals surface area contributed by atoms with Crippen molar-refractivity contribution in [2.45, 2.75) is 32.6 Å². The number of rotatable bonds is 5. The van der Waals surface area contributed by atoms with Crippen molar-refractivity contribution in [1.82, 2.24) is 0 Å². The minimum absolute atomic E-state index is 0.00732. The van der Waals surface area contributed by atoms with Crippen LogP contribution in [0.3, 0.4) is 0 Å². The second-order valence-corrected chi connectivity index (χ2v) is 3.71. The van der Waals surface area contributed by atoms with E-state index in [-0.39, 0.29) is 11.5 Å². The lowest BCUT2D eigenvalue weighted by atomic mass is 10.0. The van der Waals surface area contributed by atoms with Gasteiger partial charge in [-0.2, -0.15) is 0 Å². The lowest BCUT2D eigenvalue weighted by Gasteiger charge is -2.06. The molecule has 0 aliphatic rings. The molecule has 3 N–H and O–H groups in total. The van der Waals surface area contributed by atoms with Crippen molar-refractivity contribution >= 4 is 5.71 Å². The Morgan fingerprint density at radius 1 is 1.25 bits per heavy atom. The van der Waals surface area contributed by atoms with Gasteiger partial charge in [-0.1, -0.05) is 24.9 Å². The molecular formula is C12H17NO3. The van der Waals surface area contributed by atoms with Gasteiger partial charge in [0.25, 0.3) is 0 Å². The van der Waals surface area contributed by atoms with Crippen molar-refractivity contribution in [1.29, 1.82) is 0 Å². The van der Waals surface area contributed by atoms with Gasteiger partial charge in [0, 0.05) is 11.6 Å². The molecule has 16 heavy (non-hydrogen) atoms. The molecule has 0 unspecified atom stereocenters. The van der Waals surface area contributed by atoms with Gasteiger partial charge in [-0.15, -0.1) is 0 Å². The Morgan fingerprint density at radius 2 is 2.00 bits per heavy atom. The van der Waals surface area contributed by atoms with Gasteiger partial charge in [0.15, 0.2) is 0 Å². The first-order valence-corrected chi connectivity index (χ1v) is 5.42. The molecule has 0 saturated heterocycles. The van der Waals surface area contributed by atoms with E-state index in [4.69, 9.17) is 10.3 Å². The summed E-state index contributed by atoms with van der Waals surface area (Å²) in [6.45, 7) is 2.09. The molecule has 0 spiro atoms. The number of benzene rings is 1. The fourth-order valence-corrected chi connectivity index (χ4v) is 1.55. The zero-order chi connectivity index (χ0) is 12.0. The largest absolute Gasteiger partial charge is 0.508 e. The third-order valence-corrected chi connectivity index (χ3v) is 2.43. The van der Waals surface area contributed by atoms with Gasteiger partial charge < -0.3 is 15.4 Å². The molecule has 0 radical (unpaired) electrons. The summed E-state index contributed by atoms with van der Waals surface area (Å²) in [6.07, 6.45) is 3.66. The number of phenols is 2. The van der Waals surface area contributed by atoms with Crippen molar-refractivity contribution in [2.75, 3.05) is 0 Å². The summed E-state index contributed by atoms with van der Waals surface area (Å²) < 4.78 is 0. The summed E-state index contributed by atoms with van der Waals surface area (Å²) >= 11 is 0. The molecule has 1 aromatic rings. The monoisotopic (exact) mass is 223 g/mol. The number of hydrogen-bond donors (Lipinski definition) is 3. The Kier molecular flexibility index (Phi) is 4.64. The smallest absolute Gasteiger partial charge is 0.128 e. The Hall–Kier alpha value is -1.71. The molecule has 0 amide bonds. The summed E-state index contributed by atoms with van der Waals surface area (Å²) in [5.74, 6) is -0.0728. The van der Waals surface area contributed by atoms with E-state index in [1.807, 2.05) is 0 Å². The predicted molar refractivity (Wildman–Crippen MR) is 62.2 cm³/mol. The van der Waals surface area contributed by atoms with Gasteiger partial charge in [0.05, 0.1) is 5.71 Å². The SMILES string of the molecule is CCCCC/C(=N/O)c1ccc(O)cc1O. The lowest BCUT2D eigenvalue weighted by Crippen LogP contribution is -2.01. The van der Waals surface area contributed by atoms with E-state index in [1.165, 1.54) is 12.1 Å². The average molecular weight is 223 g/mol. The number of oxime groups is 1. The Bertz CT molecular complexity index is 375. The van der Waals surface area contributed by atoms with Crippen molar-refractivity contribution in [2.24, 2.45) is 5.16 Å². The first-order valence-electron chi connectivity index (χ1n) is 5.42. The summed E-state index contributed by atoms with van der Waals surface area (Å²) in [5.41, 5.74) is 0.919. The summed E-state index contributed by atoms with van der Waals surface area (Å²) in [4.78, 5) is 0. The highest BCUT2D eigenvalue weighted by molar-refractivity contribution is 6.02. The molecule has 4 heteroatoms. The average Bonchev–Trinajstić information content (AvgIpc) is 2.26. The van der Waals surface area contributed by atoms with Crippen LogP contribution in [0.1, 0.15) is 38.2 Å². The fourth-order valence-electron chi connectivity index (χ4n) is 1.55. The second-order valence-electron chi connectivity index (χ2n) is 3.71. The Balaban J connectivity index is 2.80. The molecule has 0 bridgehead atoms. The third-order valence-electron chi connectivity index (χ3n) is 2.43. The van der Waals surface area contributed by atoms with Crippen LogP contribution >= 0.6 is 0 Å². The lowest BCUT2D eigenvalue weighted by molar-refractivity contribution is 0.317. The molecule has 1 rings (SSSR count). The highest BCUT2D eigenvalue weighted by Gasteiger charge is 2.10. The molecule has 4 nitrogen and oxygen atoms in total. The molecule has 1 aromatic carbocycles. The van der Waals surface area contributed by atoms with Gasteiger partial charge in [0.1, 0.15) is 11.5 Å². The summed E-state index contributed by atoms with van der Waals surface area (Å²) in [7, 11) is 0. The second kappa shape index (κ2) is 6.00. The first-order chi connectivity index (χ1) is 7.69. The van der Waals surface area contributed by atoms with E-state index < -0.39 is 0 Å². The van der Waals surface area contributed by atoms with Crippen LogP contribution in [0.25, 0.3) is 0 Å². The molecule has 0 heterocycles. The van der Waals surface area contributed by atoms with Gasteiger partial charge in [-0.25, -0.2) is 0 Å². The zero-order valence-electron chi connectivity index (χ0n) is 9.35. The molecule has 0 saturated carbocycles. The van der Waals surface area contributed by atoms with E-state index in [2.05, 4.69) is 12.1 Å². The van der Waals surface area contributed by atoms with Crippen LogP contribution in [0.5, 0.6) is 11.5 Å². The number of unbranched alkanes of at least 4 members (excludes halogenated alkanes) is 2. The topological polar surface area (TPSA) is 73.1 Å². The normalized spacial score (nSPS) is 11.7. The van der Waals surface area contributed by atoms with Crippen molar-refractivity contribution in [3.05, 3.63) is 23.8 Å². The molecule has 0 aromatic heterocycles. The van der Waals surface area contributed by atoms with Crippen LogP contribution in [0.4, 0.5) is 0 Å². The van der Waals surface area contributed by atoms with E-state index in [1.54, 1.807) is 6.07 Å². The Labute approximate surface area is 94.9 Å². The van der Waals surface area contributed by atoms with E-state index in [9.17, 15) is 5.11 Å². The van der Waals surface area contributed by atoms with Crippen molar-refractivity contribution in [3.8, 4) is 11.5 Å². The maximum absolute atomic E-state index is 9.60. The third kappa shape index (κ3) is 3.15. The number of phenolic OH excluding ortho intramolecular Hbond substituents is 2. The molecular weight excluding hydrogens is 206 g/mol. The molecule has 88 valence electrons. The summed E-state index contributed by atoms with van der Waals surface area (Å²) in [6, 6.07) is 4.24. The van der Waals surface area contributed by atoms with Crippen LogP contribution in [-0.2, 0) is 0 Å². The van der Waals surface area contributed by atoms with Crippen LogP contribution in [0.2, 0.25) is 0 Å². The Morgan fingerprint density at radius 3 is 2.56 bits per heavy atom. The number of hydrogen-bond acceptors (Lipinski definition) is 4. The van der Waals surface area contributed by atoms with Crippen LogP contribution in [0, 0.1) is 0 Å². The highest BCUT2D eigenvalue weighted by atomic mass is 16.4. The number of nitrogens with zero attached hydrogens (tertiary/aromatic N) is 1. The van der Waals surface area contributed by atoms with Crippen molar-refractivity contribution < 1.29 is 15.4 Å². The summed E-state index contributed by atoms with van der Waals surface area (Å²) in [5, 5.41) is 30.8. The molecule has 0 aliphatic carbocycles. The maximum atomic E-state index is 9.60. The first kappa shape index (κ1) is 12.4. The van der Waals surface area contributed by atoms with E-state index >= 15 is 0 Å².